The molecule has 0 amide bonds. The molecule has 122 valence electrons. The number of aryl methyl sites for hydroxylation is 1. The van der Waals surface area contributed by atoms with Crippen LogP contribution in [0, 0.1) is 6.92 Å². The summed E-state index contributed by atoms with van der Waals surface area (Å²) in [5.41, 5.74) is 1.80. The third kappa shape index (κ3) is 3.00. The Kier molecular flexibility index (Phi) is 4.30. The lowest BCUT2D eigenvalue weighted by Gasteiger charge is -2.04. The van der Waals surface area contributed by atoms with E-state index in [0.29, 0.717) is 20.9 Å². The first-order chi connectivity index (χ1) is 11.4. The summed E-state index contributed by atoms with van der Waals surface area (Å²) in [6.07, 6.45) is 1.55. The lowest BCUT2D eigenvalue weighted by molar-refractivity contribution is -0.131. The zero-order valence-corrected chi connectivity index (χ0v) is 14.3. The number of hydrogen-bond acceptors (Lipinski definition) is 4. The van der Waals surface area contributed by atoms with E-state index in [1.165, 1.54) is 6.92 Å². The monoisotopic (exact) mass is 362 g/mol. The van der Waals surface area contributed by atoms with Gasteiger partial charge in [-0.15, -0.1) is 0 Å². The highest BCUT2D eigenvalue weighted by Crippen LogP contribution is 2.36. The van der Waals surface area contributed by atoms with Crippen LogP contribution in [0.3, 0.4) is 0 Å². The molecule has 2 aromatic heterocycles. The molecule has 0 atom stereocenters. The van der Waals surface area contributed by atoms with Gasteiger partial charge in [0.1, 0.15) is 11.4 Å². The first kappa shape index (κ1) is 16.5. The van der Waals surface area contributed by atoms with Crippen molar-refractivity contribution >= 4 is 45.9 Å². The number of nitrogens with zero attached hydrogens (tertiary/aromatic N) is 1. The Morgan fingerprint density at radius 3 is 2.54 bits per heavy atom. The van der Waals surface area contributed by atoms with Gasteiger partial charge >= 0.3 is 5.97 Å². The molecule has 0 unspecified atom stereocenters. The summed E-state index contributed by atoms with van der Waals surface area (Å²) in [7, 11) is 0. The van der Waals surface area contributed by atoms with E-state index in [1.54, 1.807) is 30.5 Å². The van der Waals surface area contributed by atoms with Crippen LogP contribution in [-0.4, -0.2) is 21.7 Å². The summed E-state index contributed by atoms with van der Waals surface area (Å²) in [4.78, 5) is 31.3. The SMILES string of the molecule is CC(=O)Oc1c(C(=O)c2cc(C)ccn2)[nH]c2cc(Cl)c(Cl)cc12. The maximum absolute atomic E-state index is 12.8. The number of fused-ring (bicyclic) bond motifs is 1. The molecule has 0 aliphatic carbocycles. The van der Waals surface area contributed by atoms with Gasteiger partial charge in [0, 0.05) is 18.5 Å². The van der Waals surface area contributed by atoms with Gasteiger partial charge in [0.25, 0.3) is 0 Å². The zero-order valence-electron chi connectivity index (χ0n) is 12.8. The minimum Gasteiger partial charge on any atom is -0.424 e. The van der Waals surface area contributed by atoms with E-state index >= 15 is 0 Å². The maximum Gasteiger partial charge on any atom is 0.308 e. The Morgan fingerprint density at radius 2 is 1.88 bits per heavy atom. The number of carbonyl (C=O) groups excluding carboxylic acids is 2. The van der Waals surface area contributed by atoms with Crippen molar-refractivity contribution in [3.63, 3.8) is 0 Å². The number of ketones is 1. The molecular weight excluding hydrogens is 351 g/mol. The molecular formula is C17H12Cl2N2O3. The molecule has 0 radical (unpaired) electrons. The second kappa shape index (κ2) is 6.26. The second-order valence-electron chi connectivity index (χ2n) is 5.28. The average molecular weight is 363 g/mol. The van der Waals surface area contributed by atoms with E-state index in [1.807, 2.05) is 6.92 Å². The van der Waals surface area contributed by atoms with Crippen molar-refractivity contribution in [2.75, 3.05) is 0 Å². The molecule has 0 aliphatic rings. The van der Waals surface area contributed by atoms with Crippen molar-refractivity contribution in [2.45, 2.75) is 13.8 Å². The number of H-pyrrole nitrogens is 1. The smallest absolute Gasteiger partial charge is 0.308 e. The molecule has 1 aromatic carbocycles. The Morgan fingerprint density at radius 1 is 1.17 bits per heavy atom. The number of ether oxygens (including phenoxy) is 1. The van der Waals surface area contributed by atoms with Crippen molar-refractivity contribution in [3.05, 3.63) is 57.5 Å². The van der Waals surface area contributed by atoms with E-state index < -0.39 is 11.8 Å². The lowest BCUT2D eigenvalue weighted by Crippen LogP contribution is -2.09. The molecule has 0 spiro atoms. The zero-order chi connectivity index (χ0) is 17.4. The highest BCUT2D eigenvalue weighted by molar-refractivity contribution is 6.43. The normalized spacial score (nSPS) is 10.8. The van der Waals surface area contributed by atoms with Crippen LogP contribution in [0.25, 0.3) is 10.9 Å². The summed E-state index contributed by atoms with van der Waals surface area (Å²) in [6.45, 7) is 3.12. The number of hydrogen-bond donors (Lipinski definition) is 1. The summed E-state index contributed by atoms with van der Waals surface area (Å²) < 4.78 is 5.25. The standard InChI is InChI=1S/C17H12Cl2N2O3/c1-8-3-4-20-14(5-8)16(23)15-17(24-9(2)22)10-6-11(18)12(19)7-13(10)21-15/h3-7,21H,1-2H3. The lowest BCUT2D eigenvalue weighted by atomic mass is 10.1. The first-order valence-electron chi connectivity index (χ1n) is 7.03. The average Bonchev–Trinajstić information content (AvgIpc) is 2.84. The summed E-state index contributed by atoms with van der Waals surface area (Å²) in [5, 5.41) is 1.12. The van der Waals surface area contributed by atoms with Crippen LogP contribution in [0.4, 0.5) is 0 Å². The Labute approximate surface area is 147 Å². The number of aromatic amines is 1. The summed E-state index contributed by atoms with van der Waals surface area (Å²) in [6, 6.07) is 6.57. The number of carbonyl (C=O) groups is 2. The van der Waals surface area contributed by atoms with Crippen molar-refractivity contribution in [2.24, 2.45) is 0 Å². The van der Waals surface area contributed by atoms with E-state index in [2.05, 4.69) is 9.97 Å². The van der Waals surface area contributed by atoms with Gasteiger partial charge in [-0.1, -0.05) is 23.2 Å². The minimum atomic E-state index is -0.548. The number of nitrogens with one attached hydrogen (secondary N) is 1. The van der Waals surface area contributed by atoms with Gasteiger partial charge in [0.2, 0.25) is 5.78 Å². The fourth-order valence-electron chi connectivity index (χ4n) is 2.36. The van der Waals surface area contributed by atoms with E-state index in [4.69, 9.17) is 27.9 Å². The first-order valence-corrected chi connectivity index (χ1v) is 7.79. The molecule has 0 aliphatic heterocycles. The van der Waals surface area contributed by atoms with Crippen molar-refractivity contribution in [1.82, 2.24) is 9.97 Å². The quantitative estimate of drug-likeness (QED) is 0.555. The number of esters is 1. The van der Waals surface area contributed by atoms with Crippen LogP contribution in [0.1, 0.15) is 28.7 Å². The highest BCUT2D eigenvalue weighted by atomic mass is 35.5. The van der Waals surface area contributed by atoms with Crippen LogP contribution in [-0.2, 0) is 4.79 Å². The van der Waals surface area contributed by atoms with Gasteiger partial charge in [-0.2, -0.15) is 0 Å². The van der Waals surface area contributed by atoms with Crippen molar-refractivity contribution in [1.29, 1.82) is 0 Å². The Balaban J connectivity index is 2.22. The number of aromatic nitrogens is 2. The van der Waals surface area contributed by atoms with Gasteiger partial charge in [0.15, 0.2) is 5.75 Å². The Hall–Kier alpha value is -2.37. The summed E-state index contributed by atoms with van der Waals surface area (Å²) >= 11 is 12.1. The van der Waals surface area contributed by atoms with Gasteiger partial charge in [-0.3, -0.25) is 14.6 Å². The molecule has 2 heterocycles. The molecule has 3 aromatic rings. The molecule has 24 heavy (non-hydrogen) atoms. The van der Waals surface area contributed by atoms with E-state index in [9.17, 15) is 9.59 Å². The van der Waals surface area contributed by atoms with Crippen molar-refractivity contribution < 1.29 is 14.3 Å². The highest BCUT2D eigenvalue weighted by Gasteiger charge is 2.23. The number of benzene rings is 1. The predicted molar refractivity (Wildman–Crippen MR) is 92.0 cm³/mol. The second-order valence-corrected chi connectivity index (χ2v) is 6.10. The van der Waals surface area contributed by atoms with Crippen LogP contribution < -0.4 is 4.74 Å². The third-order valence-corrected chi connectivity index (χ3v) is 4.13. The number of rotatable bonds is 3. The van der Waals surface area contributed by atoms with Crippen LogP contribution >= 0.6 is 23.2 Å². The molecule has 3 rings (SSSR count). The number of pyridine rings is 1. The van der Waals surface area contributed by atoms with Gasteiger partial charge < -0.3 is 9.72 Å². The van der Waals surface area contributed by atoms with E-state index in [-0.39, 0.29) is 17.1 Å². The fourth-order valence-corrected chi connectivity index (χ4v) is 2.69. The molecule has 0 saturated heterocycles. The maximum atomic E-state index is 12.8. The fraction of sp³-hybridized carbons (Fsp3) is 0.118. The van der Waals surface area contributed by atoms with Crippen LogP contribution in [0.15, 0.2) is 30.5 Å². The molecule has 1 N–H and O–H groups in total. The largest absolute Gasteiger partial charge is 0.424 e. The van der Waals surface area contributed by atoms with Gasteiger partial charge in [-0.05, 0) is 36.8 Å². The minimum absolute atomic E-state index is 0.115. The molecule has 0 fully saturated rings. The molecule has 0 saturated carbocycles. The van der Waals surface area contributed by atoms with Gasteiger partial charge in [0.05, 0.1) is 15.6 Å². The predicted octanol–water partition coefficient (Wildman–Crippen LogP) is 4.33. The van der Waals surface area contributed by atoms with E-state index in [0.717, 1.165) is 5.56 Å². The van der Waals surface area contributed by atoms with Crippen molar-refractivity contribution in [3.8, 4) is 5.75 Å². The van der Waals surface area contributed by atoms with Gasteiger partial charge in [-0.25, -0.2) is 0 Å². The molecule has 7 heteroatoms. The number of halogens is 2. The summed E-state index contributed by atoms with van der Waals surface area (Å²) in [5.74, 6) is -0.823. The third-order valence-electron chi connectivity index (χ3n) is 3.41. The molecule has 0 bridgehead atoms. The Bertz CT molecular complexity index is 979. The molecule has 5 nitrogen and oxygen atoms in total. The van der Waals surface area contributed by atoms with Crippen LogP contribution in [0.2, 0.25) is 10.0 Å². The topological polar surface area (TPSA) is 72.1 Å². The van der Waals surface area contributed by atoms with Crippen LogP contribution in [0.5, 0.6) is 5.75 Å².